The SMILES string of the molecule is N#CC1(C(O)c2c(F)cccc2F)CCCCC1. The lowest BCUT2D eigenvalue weighted by Crippen LogP contribution is -2.31. The van der Waals surface area contributed by atoms with Gasteiger partial charge in [-0.1, -0.05) is 25.3 Å². The quantitative estimate of drug-likeness (QED) is 0.874. The fourth-order valence-corrected chi connectivity index (χ4v) is 2.68. The summed E-state index contributed by atoms with van der Waals surface area (Å²) in [7, 11) is 0. The molecular weight excluding hydrogens is 236 g/mol. The van der Waals surface area contributed by atoms with Crippen molar-refractivity contribution in [3.05, 3.63) is 35.4 Å². The Morgan fingerprint density at radius 1 is 1.17 bits per heavy atom. The number of nitrogens with zero attached hydrogens (tertiary/aromatic N) is 1. The summed E-state index contributed by atoms with van der Waals surface area (Å²) in [6.45, 7) is 0. The Morgan fingerprint density at radius 3 is 2.22 bits per heavy atom. The second-order valence-corrected chi connectivity index (χ2v) is 4.87. The topological polar surface area (TPSA) is 44.0 Å². The lowest BCUT2D eigenvalue weighted by Gasteiger charge is -2.35. The molecule has 1 fully saturated rings. The van der Waals surface area contributed by atoms with Crippen molar-refractivity contribution in [1.29, 1.82) is 5.26 Å². The van der Waals surface area contributed by atoms with E-state index in [4.69, 9.17) is 0 Å². The lowest BCUT2D eigenvalue weighted by molar-refractivity contribution is 0.0305. The van der Waals surface area contributed by atoms with Gasteiger partial charge in [-0.3, -0.25) is 0 Å². The number of hydrogen-bond acceptors (Lipinski definition) is 2. The number of halogens is 2. The average Bonchev–Trinajstić information content (AvgIpc) is 2.39. The molecule has 0 saturated heterocycles. The summed E-state index contributed by atoms with van der Waals surface area (Å²) in [5.41, 5.74) is -1.43. The van der Waals surface area contributed by atoms with Crippen LogP contribution in [-0.4, -0.2) is 5.11 Å². The zero-order valence-electron chi connectivity index (χ0n) is 10.00. The predicted octanol–water partition coefficient (Wildman–Crippen LogP) is 3.47. The normalized spacial score (nSPS) is 20.1. The molecule has 4 heteroatoms. The standard InChI is InChI=1S/C14H15F2NO/c15-10-5-4-6-11(16)12(10)13(18)14(9-17)7-2-1-3-8-14/h4-6,13,18H,1-3,7-8H2. The van der Waals surface area contributed by atoms with Crippen LogP contribution in [-0.2, 0) is 0 Å². The third kappa shape index (κ3) is 2.11. The Labute approximate surface area is 105 Å². The largest absolute Gasteiger partial charge is 0.387 e. The fourth-order valence-electron chi connectivity index (χ4n) is 2.68. The Kier molecular flexibility index (Phi) is 3.63. The Balaban J connectivity index is 2.41. The van der Waals surface area contributed by atoms with Crippen LogP contribution in [0.1, 0.15) is 43.8 Å². The molecule has 1 atom stereocenters. The van der Waals surface area contributed by atoms with Crippen LogP contribution in [0.3, 0.4) is 0 Å². The minimum Gasteiger partial charge on any atom is -0.387 e. The van der Waals surface area contributed by atoms with Crippen molar-refractivity contribution >= 4 is 0 Å². The van der Waals surface area contributed by atoms with Gasteiger partial charge in [0.15, 0.2) is 0 Å². The highest BCUT2D eigenvalue weighted by Gasteiger charge is 2.42. The van der Waals surface area contributed by atoms with Crippen molar-refractivity contribution in [3.8, 4) is 6.07 Å². The molecule has 1 aromatic carbocycles. The van der Waals surface area contributed by atoms with Crippen molar-refractivity contribution in [2.75, 3.05) is 0 Å². The first-order chi connectivity index (χ1) is 8.60. The van der Waals surface area contributed by atoms with Crippen LogP contribution in [0.25, 0.3) is 0 Å². The van der Waals surface area contributed by atoms with E-state index in [-0.39, 0.29) is 5.56 Å². The van der Waals surface area contributed by atoms with E-state index in [1.54, 1.807) is 0 Å². The Hall–Kier alpha value is -1.47. The number of hydrogen-bond donors (Lipinski definition) is 1. The molecule has 2 rings (SSSR count). The summed E-state index contributed by atoms with van der Waals surface area (Å²) in [6, 6.07) is 5.55. The van der Waals surface area contributed by atoms with E-state index >= 15 is 0 Å². The molecule has 2 nitrogen and oxygen atoms in total. The first kappa shape index (κ1) is 13.0. The van der Waals surface area contributed by atoms with Crippen LogP contribution in [0, 0.1) is 28.4 Å². The zero-order chi connectivity index (χ0) is 13.2. The van der Waals surface area contributed by atoms with Gasteiger partial charge in [0, 0.05) is 0 Å². The third-order valence-electron chi connectivity index (χ3n) is 3.77. The van der Waals surface area contributed by atoms with Crippen LogP contribution in [0.15, 0.2) is 18.2 Å². The van der Waals surface area contributed by atoms with Crippen molar-refractivity contribution in [1.82, 2.24) is 0 Å². The van der Waals surface area contributed by atoms with E-state index in [2.05, 4.69) is 6.07 Å². The van der Waals surface area contributed by atoms with Crippen molar-refractivity contribution in [2.45, 2.75) is 38.2 Å². The molecule has 1 N–H and O–H groups in total. The van der Waals surface area contributed by atoms with Gasteiger partial charge in [0.2, 0.25) is 0 Å². The van der Waals surface area contributed by atoms with Crippen LogP contribution in [0.5, 0.6) is 0 Å². The summed E-state index contributed by atoms with van der Waals surface area (Å²) in [5, 5.41) is 19.6. The van der Waals surface area contributed by atoms with Crippen LogP contribution >= 0.6 is 0 Å². The van der Waals surface area contributed by atoms with Gasteiger partial charge in [-0.15, -0.1) is 0 Å². The first-order valence-corrected chi connectivity index (χ1v) is 6.14. The number of aliphatic hydroxyl groups excluding tert-OH is 1. The van der Waals surface area contributed by atoms with Crippen LogP contribution in [0.2, 0.25) is 0 Å². The number of benzene rings is 1. The van der Waals surface area contributed by atoms with E-state index in [0.29, 0.717) is 12.8 Å². The van der Waals surface area contributed by atoms with E-state index in [1.165, 1.54) is 6.07 Å². The lowest BCUT2D eigenvalue weighted by atomic mass is 9.69. The van der Waals surface area contributed by atoms with Gasteiger partial charge in [-0.05, 0) is 25.0 Å². The van der Waals surface area contributed by atoms with Gasteiger partial charge in [0.25, 0.3) is 0 Å². The van der Waals surface area contributed by atoms with Gasteiger partial charge in [-0.2, -0.15) is 5.26 Å². The molecule has 1 unspecified atom stereocenters. The summed E-state index contributed by atoms with van der Waals surface area (Å²) >= 11 is 0. The predicted molar refractivity (Wildman–Crippen MR) is 62.4 cm³/mol. The van der Waals surface area contributed by atoms with Crippen molar-refractivity contribution < 1.29 is 13.9 Å². The Morgan fingerprint density at radius 2 is 1.72 bits per heavy atom. The van der Waals surface area contributed by atoms with E-state index in [0.717, 1.165) is 31.4 Å². The minimum atomic E-state index is -1.40. The van der Waals surface area contributed by atoms with Gasteiger partial charge in [0.05, 0.1) is 17.0 Å². The zero-order valence-corrected chi connectivity index (χ0v) is 10.00. The van der Waals surface area contributed by atoms with Gasteiger partial charge < -0.3 is 5.11 Å². The van der Waals surface area contributed by atoms with Gasteiger partial charge in [-0.25, -0.2) is 8.78 Å². The number of aliphatic hydroxyl groups is 1. The molecule has 0 amide bonds. The monoisotopic (exact) mass is 251 g/mol. The number of rotatable bonds is 2. The maximum absolute atomic E-state index is 13.7. The molecule has 1 saturated carbocycles. The molecule has 0 bridgehead atoms. The minimum absolute atomic E-state index is 0.374. The molecule has 0 heterocycles. The summed E-state index contributed by atoms with van der Waals surface area (Å²) in [6.07, 6.45) is 2.18. The fraction of sp³-hybridized carbons (Fsp3) is 0.500. The molecule has 1 aliphatic carbocycles. The second kappa shape index (κ2) is 5.03. The third-order valence-corrected chi connectivity index (χ3v) is 3.77. The van der Waals surface area contributed by atoms with Crippen LogP contribution < -0.4 is 0 Å². The van der Waals surface area contributed by atoms with Crippen molar-refractivity contribution in [3.63, 3.8) is 0 Å². The molecule has 18 heavy (non-hydrogen) atoms. The molecule has 96 valence electrons. The summed E-state index contributed by atoms with van der Waals surface area (Å²) < 4.78 is 27.3. The highest BCUT2D eigenvalue weighted by atomic mass is 19.1. The maximum Gasteiger partial charge on any atom is 0.132 e. The molecule has 0 aromatic heterocycles. The van der Waals surface area contributed by atoms with Crippen LogP contribution in [0.4, 0.5) is 8.78 Å². The molecule has 0 spiro atoms. The van der Waals surface area contributed by atoms with E-state index < -0.39 is 23.2 Å². The maximum atomic E-state index is 13.7. The van der Waals surface area contributed by atoms with Crippen molar-refractivity contribution in [2.24, 2.45) is 5.41 Å². The smallest absolute Gasteiger partial charge is 0.132 e. The Bertz CT molecular complexity index is 455. The second-order valence-electron chi connectivity index (χ2n) is 4.87. The molecule has 1 aromatic rings. The molecule has 0 aliphatic heterocycles. The first-order valence-electron chi connectivity index (χ1n) is 6.14. The summed E-state index contributed by atoms with van der Waals surface area (Å²) in [4.78, 5) is 0. The molecule has 0 radical (unpaired) electrons. The van der Waals surface area contributed by atoms with E-state index in [1.807, 2.05) is 0 Å². The van der Waals surface area contributed by atoms with E-state index in [9.17, 15) is 19.1 Å². The highest BCUT2D eigenvalue weighted by Crippen LogP contribution is 2.46. The number of nitriles is 1. The van der Waals surface area contributed by atoms with Gasteiger partial charge >= 0.3 is 0 Å². The molecular formula is C14H15F2NO. The van der Waals surface area contributed by atoms with Gasteiger partial charge in [0.1, 0.15) is 17.7 Å². The summed E-state index contributed by atoms with van der Waals surface area (Å²) in [5.74, 6) is -1.58. The molecule has 1 aliphatic rings. The highest BCUT2D eigenvalue weighted by molar-refractivity contribution is 5.26. The average molecular weight is 251 g/mol.